The molecule has 29 heavy (non-hydrogen) atoms. The Labute approximate surface area is 162 Å². The second kappa shape index (κ2) is 7.09. The van der Waals surface area contributed by atoms with Gasteiger partial charge in [-0.25, -0.2) is 4.68 Å². The van der Waals surface area contributed by atoms with Crippen LogP contribution in [0, 0.1) is 0 Å². The minimum Gasteiger partial charge on any atom is -0.451 e. The molecule has 0 spiro atoms. The summed E-state index contributed by atoms with van der Waals surface area (Å²) in [4.78, 5) is 18.2. The lowest BCUT2D eigenvalue weighted by atomic mass is 10.2. The molecule has 150 valence electrons. The lowest BCUT2D eigenvalue weighted by Gasteiger charge is -2.21. The molecule has 0 unspecified atom stereocenters. The number of nitrogens with zero attached hydrogens (tertiary/aromatic N) is 4. The predicted molar refractivity (Wildman–Crippen MR) is 93.2 cm³/mol. The first-order chi connectivity index (χ1) is 13.9. The van der Waals surface area contributed by atoms with E-state index in [1.807, 2.05) is 0 Å². The molecule has 1 aliphatic rings. The summed E-state index contributed by atoms with van der Waals surface area (Å²) in [6.45, 7) is -0.159. The van der Waals surface area contributed by atoms with Gasteiger partial charge in [0.2, 0.25) is 0 Å². The van der Waals surface area contributed by atoms with Crippen LogP contribution in [0.5, 0.6) is 17.2 Å². The van der Waals surface area contributed by atoms with Crippen LogP contribution in [0.25, 0.3) is 5.69 Å². The third-order valence-electron chi connectivity index (χ3n) is 3.97. The van der Waals surface area contributed by atoms with Gasteiger partial charge in [0.1, 0.15) is 12.5 Å². The number of ether oxygens (including phenoxy) is 3. The van der Waals surface area contributed by atoms with E-state index in [9.17, 15) is 18.0 Å². The standard InChI is InChI=1S/C18H13F3N4O4/c1-27-10-24-13-5-4-12(29-18(19,20)21)7-14(13)28-15-9-25(23-16(15)17(24)26)11-3-2-6-22-8-11/h2-9H,10H2,1H3. The van der Waals surface area contributed by atoms with Gasteiger partial charge in [-0.15, -0.1) is 13.2 Å². The Kier molecular flexibility index (Phi) is 4.59. The van der Waals surface area contributed by atoms with Gasteiger partial charge >= 0.3 is 6.36 Å². The van der Waals surface area contributed by atoms with E-state index in [1.165, 1.54) is 35.2 Å². The van der Waals surface area contributed by atoms with Crippen molar-refractivity contribution < 1.29 is 32.2 Å². The number of hydrogen-bond donors (Lipinski definition) is 0. The molecule has 0 saturated heterocycles. The van der Waals surface area contributed by atoms with E-state index in [0.717, 1.165) is 12.1 Å². The maximum absolute atomic E-state index is 13.0. The number of methoxy groups -OCH3 is 1. The number of anilines is 1. The Morgan fingerprint density at radius 3 is 2.72 bits per heavy atom. The Morgan fingerprint density at radius 2 is 2.03 bits per heavy atom. The van der Waals surface area contributed by atoms with Crippen molar-refractivity contribution in [3.05, 3.63) is 54.6 Å². The molecule has 1 aliphatic heterocycles. The Balaban J connectivity index is 1.80. The SMILES string of the molecule is COCN1C(=O)c2nn(-c3cccnc3)cc2Oc2cc(OC(F)(F)F)ccc21. The van der Waals surface area contributed by atoms with Crippen LogP contribution in [0.3, 0.4) is 0 Å². The van der Waals surface area contributed by atoms with Crippen LogP contribution < -0.4 is 14.4 Å². The van der Waals surface area contributed by atoms with Crippen molar-refractivity contribution in [2.24, 2.45) is 0 Å². The lowest BCUT2D eigenvalue weighted by molar-refractivity contribution is -0.274. The summed E-state index contributed by atoms with van der Waals surface area (Å²) in [5, 5.41) is 4.25. The fourth-order valence-corrected chi connectivity index (χ4v) is 2.81. The Hall–Kier alpha value is -3.60. The molecular weight excluding hydrogens is 393 g/mol. The van der Waals surface area contributed by atoms with Gasteiger partial charge in [-0.3, -0.25) is 14.7 Å². The predicted octanol–water partition coefficient (Wildman–Crippen LogP) is 3.52. The smallest absolute Gasteiger partial charge is 0.451 e. The molecule has 0 atom stereocenters. The number of rotatable bonds is 4. The summed E-state index contributed by atoms with van der Waals surface area (Å²) in [5.41, 5.74) is 0.766. The zero-order chi connectivity index (χ0) is 20.6. The molecule has 0 fully saturated rings. The van der Waals surface area contributed by atoms with Crippen molar-refractivity contribution in [2.75, 3.05) is 18.7 Å². The zero-order valence-electron chi connectivity index (χ0n) is 14.9. The number of pyridine rings is 1. The summed E-state index contributed by atoms with van der Waals surface area (Å²) < 4.78 is 53.9. The van der Waals surface area contributed by atoms with Gasteiger partial charge in [0.15, 0.2) is 17.2 Å². The topological polar surface area (TPSA) is 78.7 Å². The summed E-state index contributed by atoms with van der Waals surface area (Å²) in [5.74, 6) is -0.957. The van der Waals surface area contributed by atoms with E-state index in [1.54, 1.807) is 18.3 Å². The van der Waals surface area contributed by atoms with E-state index in [0.29, 0.717) is 5.69 Å². The summed E-state index contributed by atoms with van der Waals surface area (Å²) >= 11 is 0. The van der Waals surface area contributed by atoms with Crippen molar-refractivity contribution in [1.82, 2.24) is 14.8 Å². The highest BCUT2D eigenvalue weighted by Gasteiger charge is 2.34. The molecule has 3 aromatic rings. The summed E-state index contributed by atoms with van der Waals surface area (Å²) in [6, 6.07) is 6.84. The Morgan fingerprint density at radius 1 is 1.21 bits per heavy atom. The van der Waals surface area contributed by atoms with Crippen LogP contribution >= 0.6 is 0 Å². The highest BCUT2D eigenvalue weighted by molar-refractivity contribution is 6.08. The molecule has 0 bridgehead atoms. The van der Waals surface area contributed by atoms with Crippen molar-refractivity contribution in [3.8, 4) is 22.9 Å². The van der Waals surface area contributed by atoms with Gasteiger partial charge in [-0.2, -0.15) is 5.10 Å². The van der Waals surface area contributed by atoms with Crippen molar-refractivity contribution in [3.63, 3.8) is 0 Å². The van der Waals surface area contributed by atoms with Gasteiger partial charge in [0.05, 0.1) is 23.8 Å². The molecule has 1 aromatic carbocycles. The second-order valence-corrected chi connectivity index (χ2v) is 5.93. The molecule has 0 aliphatic carbocycles. The molecule has 0 N–H and O–H groups in total. The van der Waals surface area contributed by atoms with Gasteiger partial charge in [-0.05, 0) is 24.3 Å². The number of amides is 1. The van der Waals surface area contributed by atoms with Crippen molar-refractivity contribution in [2.45, 2.75) is 6.36 Å². The number of carbonyl (C=O) groups is 1. The first kappa shape index (κ1) is 18.7. The van der Waals surface area contributed by atoms with Crippen LogP contribution in [0.2, 0.25) is 0 Å². The second-order valence-electron chi connectivity index (χ2n) is 5.93. The van der Waals surface area contributed by atoms with E-state index in [2.05, 4.69) is 14.8 Å². The molecule has 1 amide bonds. The average molecular weight is 406 g/mol. The molecule has 0 radical (unpaired) electrons. The fraction of sp³-hybridized carbons (Fsp3) is 0.167. The van der Waals surface area contributed by atoms with Crippen LogP contribution in [-0.2, 0) is 4.74 Å². The summed E-state index contributed by atoms with van der Waals surface area (Å²) in [7, 11) is 1.38. The van der Waals surface area contributed by atoms with E-state index < -0.39 is 18.0 Å². The maximum Gasteiger partial charge on any atom is 0.573 e. The third kappa shape index (κ3) is 3.72. The molecule has 4 rings (SSSR count). The molecule has 11 heteroatoms. The quantitative estimate of drug-likeness (QED) is 0.660. The Bertz CT molecular complexity index is 1050. The van der Waals surface area contributed by atoms with Crippen molar-refractivity contribution in [1.29, 1.82) is 0 Å². The van der Waals surface area contributed by atoms with Gasteiger partial charge in [0.25, 0.3) is 5.91 Å². The number of halogens is 3. The summed E-state index contributed by atoms with van der Waals surface area (Å²) in [6.07, 6.45) is -0.301. The molecule has 8 nitrogen and oxygen atoms in total. The minimum atomic E-state index is -4.86. The highest BCUT2D eigenvalue weighted by atomic mass is 19.4. The van der Waals surface area contributed by atoms with Crippen LogP contribution in [0.4, 0.5) is 18.9 Å². The number of carbonyl (C=O) groups excluding carboxylic acids is 1. The largest absolute Gasteiger partial charge is 0.573 e. The van der Waals surface area contributed by atoms with Gasteiger partial charge in [-0.1, -0.05) is 0 Å². The lowest BCUT2D eigenvalue weighted by Crippen LogP contribution is -2.32. The third-order valence-corrected chi connectivity index (χ3v) is 3.97. The number of benzene rings is 1. The number of alkyl halides is 3. The zero-order valence-corrected chi connectivity index (χ0v) is 14.9. The molecule has 0 saturated carbocycles. The van der Waals surface area contributed by atoms with Crippen LogP contribution in [-0.4, -0.2) is 40.9 Å². The van der Waals surface area contributed by atoms with Crippen LogP contribution in [0.15, 0.2) is 48.9 Å². The average Bonchev–Trinajstić information content (AvgIpc) is 3.05. The molecular formula is C18H13F3N4O4. The number of aromatic nitrogens is 3. The van der Waals surface area contributed by atoms with Gasteiger partial charge in [0, 0.05) is 19.4 Å². The monoisotopic (exact) mass is 406 g/mol. The van der Waals surface area contributed by atoms with Crippen molar-refractivity contribution >= 4 is 11.6 Å². The normalized spacial score (nSPS) is 13.4. The highest BCUT2D eigenvalue weighted by Crippen LogP contribution is 2.41. The van der Waals surface area contributed by atoms with E-state index in [-0.39, 0.29) is 29.6 Å². The minimum absolute atomic E-state index is 0.0124. The fourth-order valence-electron chi connectivity index (χ4n) is 2.81. The maximum atomic E-state index is 13.0. The van der Waals surface area contributed by atoms with Gasteiger partial charge < -0.3 is 14.2 Å². The molecule has 3 heterocycles. The number of fused-ring (bicyclic) bond motifs is 2. The first-order valence-corrected chi connectivity index (χ1v) is 8.24. The first-order valence-electron chi connectivity index (χ1n) is 8.24. The van der Waals surface area contributed by atoms with E-state index >= 15 is 0 Å². The van der Waals surface area contributed by atoms with Crippen LogP contribution in [0.1, 0.15) is 10.5 Å². The molecule has 2 aromatic heterocycles. The number of hydrogen-bond acceptors (Lipinski definition) is 6. The van der Waals surface area contributed by atoms with E-state index in [4.69, 9.17) is 9.47 Å².